The number of aryl methyl sites for hydroxylation is 1. The Hall–Kier alpha value is -2.15. The summed E-state index contributed by atoms with van der Waals surface area (Å²) in [7, 11) is 3.29. The largest absolute Gasteiger partial charge is 0.493 e. The maximum atomic E-state index is 12.1. The fourth-order valence-electron chi connectivity index (χ4n) is 1.95. The molecule has 0 saturated heterocycles. The Morgan fingerprint density at radius 2 is 1.90 bits per heavy atom. The Morgan fingerprint density at radius 1 is 1.25 bits per heavy atom. The molecule has 0 aliphatic rings. The molecule has 108 valence electrons. The Balaban J connectivity index is 2.24. The lowest BCUT2D eigenvalue weighted by molar-refractivity contribution is -0.0498. The van der Waals surface area contributed by atoms with Crippen LogP contribution < -0.4 is 15.2 Å². The summed E-state index contributed by atoms with van der Waals surface area (Å²) in [6.07, 6.45) is 1.57. The van der Waals surface area contributed by atoms with Crippen LogP contribution in [0.3, 0.4) is 0 Å². The van der Waals surface area contributed by atoms with Crippen molar-refractivity contribution < 1.29 is 18.3 Å². The predicted molar refractivity (Wildman–Crippen MR) is 68.9 cm³/mol. The van der Waals surface area contributed by atoms with Crippen LogP contribution in [-0.2, 0) is 7.05 Å². The number of alkyl halides is 2. The topological polar surface area (TPSA) is 62.3 Å². The third-order valence-electron chi connectivity index (χ3n) is 2.93. The van der Waals surface area contributed by atoms with E-state index >= 15 is 0 Å². The summed E-state index contributed by atoms with van der Waals surface area (Å²) in [5, 5.41) is 4.08. The zero-order chi connectivity index (χ0) is 14.7. The van der Waals surface area contributed by atoms with E-state index in [4.69, 9.17) is 10.5 Å². The number of rotatable bonds is 5. The lowest BCUT2D eigenvalue weighted by Crippen LogP contribution is -2.16. The second kappa shape index (κ2) is 5.87. The highest BCUT2D eigenvalue weighted by Gasteiger charge is 2.19. The van der Waals surface area contributed by atoms with Crippen LogP contribution in [0.2, 0.25) is 0 Å². The van der Waals surface area contributed by atoms with Gasteiger partial charge in [-0.15, -0.1) is 0 Å². The average molecular weight is 283 g/mol. The van der Waals surface area contributed by atoms with E-state index in [2.05, 4.69) is 9.84 Å². The molecule has 1 unspecified atom stereocenters. The normalized spacial score (nSPS) is 12.5. The lowest BCUT2D eigenvalue weighted by atomic mass is 10.0. The molecule has 0 fully saturated rings. The van der Waals surface area contributed by atoms with Crippen molar-refractivity contribution in [3.63, 3.8) is 0 Å². The molecule has 2 aromatic rings. The predicted octanol–water partition coefficient (Wildman–Crippen LogP) is 2.08. The van der Waals surface area contributed by atoms with E-state index in [0.29, 0.717) is 11.4 Å². The number of hydrogen-bond acceptors (Lipinski definition) is 4. The Bertz CT molecular complexity index is 569. The van der Waals surface area contributed by atoms with E-state index in [-0.39, 0.29) is 5.75 Å². The molecule has 0 saturated carbocycles. The van der Waals surface area contributed by atoms with Crippen LogP contribution in [0.15, 0.2) is 30.5 Å². The van der Waals surface area contributed by atoms with Gasteiger partial charge in [0, 0.05) is 7.05 Å². The number of halogens is 2. The molecule has 0 amide bonds. The standard InChI is InChI=1S/C13H15F2N3O2/c1-18-12(10(19-2)7-17-18)11(16)8-3-5-9(6-4-8)20-13(14)15/h3-7,11,13H,16H2,1-2H3. The smallest absolute Gasteiger partial charge is 0.387 e. The van der Waals surface area contributed by atoms with Crippen LogP contribution >= 0.6 is 0 Å². The van der Waals surface area contributed by atoms with Crippen molar-refractivity contribution in [2.75, 3.05) is 7.11 Å². The molecule has 1 aromatic carbocycles. The first kappa shape index (κ1) is 14.3. The third kappa shape index (κ3) is 2.88. The quantitative estimate of drug-likeness (QED) is 0.912. The van der Waals surface area contributed by atoms with E-state index in [1.807, 2.05) is 0 Å². The van der Waals surface area contributed by atoms with Gasteiger partial charge in [-0.1, -0.05) is 12.1 Å². The molecular formula is C13H15F2N3O2. The lowest BCUT2D eigenvalue weighted by Gasteiger charge is -2.15. The van der Waals surface area contributed by atoms with Gasteiger partial charge in [-0.3, -0.25) is 4.68 Å². The van der Waals surface area contributed by atoms with E-state index < -0.39 is 12.7 Å². The van der Waals surface area contributed by atoms with Gasteiger partial charge in [0.1, 0.15) is 11.4 Å². The minimum atomic E-state index is -2.84. The van der Waals surface area contributed by atoms with E-state index in [9.17, 15) is 8.78 Å². The number of aromatic nitrogens is 2. The highest BCUT2D eigenvalue weighted by Crippen LogP contribution is 2.28. The first-order valence-corrected chi connectivity index (χ1v) is 5.89. The molecule has 2 rings (SSSR count). The number of hydrogen-bond donors (Lipinski definition) is 1. The van der Waals surface area contributed by atoms with Gasteiger partial charge in [-0.05, 0) is 17.7 Å². The van der Waals surface area contributed by atoms with Crippen molar-refractivity contribution in [3.05, 3.63) is 41.7 Å². The molecule has 0 aliphatic carbocycles. The van der Waals surface area contributed by atoms with Crippen molar-refractivity contribution >= 4 is 0 Å². The number of benzene rings is 1. The van der Waals surface area contributed by atoms with Gasteiger partial charge < -0.3 is 15.2 Å². The number of methoxy groups -OCH3 is 1. The van der Waals surface area contributed by atoms with Crippen molar-refractivity contribution in [2.24, 2.45) is 12.8 Å². The van der Waals surface area contributed by atoms with Crippen LogP contribution in [0, 0.1) is 0 Å². The fraction of sp³-hybridized carbons (Fsp3) is 0.308. The Kier molecular flexibility index (Phi) is 4.19. The van der Waals surface area contributed by atoms with Gasteiger partial charge in [0.25, 0.3) is 0 Å². The number of nitrogens with zero attached hydrogens (tertiary/aromatic N) is 2. The minimum absolute atomic E-state index is 0.0907. The van der Waals surface area contributed by atoms with Gasteiger partial charge in [0.15, 0.2) is 5.75 Å². The van der Waals surface area contributed by atoms with Crippen molar-refractivity contribution in [1.29, 1.82) is 0 Å². The molecule has 0 radical (unpaired) electrons. The summed E-state index contributed by atoms with van der Waals surface area (Å²) in [6.45, 7) is -2.84. The van der Waals surface area contributed by atoms with Crippen LogP contribution in [-0.4, -0.2) is 23.5 Å². The Morgan fingerprint density at radius 3 is 2.45 bits per heavy atom. The van der Waals surface area contributed by atoms with Gasteiger partial charge in [-0.25, -0.2) is 0 Å². The molecule has 2 N–H and O–H groups in total. The second-order valence-corrected chi connectivity index (χ2v) is 4.15. The van der Waals surface area contributed by atoms with E-state index in [1.54, 1.807) is 30.1 Å². The van der Waals surface area contributed by atoms with Gasteiger partial charge >= 0.3 is 6.61 Å². The summed E-state index contributed by atoms with van der Waals surface area (Å²) < 4.78 is 35.3. The van der Waals surface area contributed by atoms with Gasteiger partial charge in [0.05, 0.1) is 19.3 Å². The van der Waals surface area contributed by atoms with Crippen molar-refractivity contribution in [3.8, 4) is 11.5 Å². The summed E-state index contributed by atoms with van der Waals surface area (Å²) >= 11 is 0. The van der Waals surface area contributed by atoms with Crippen LogP contribution in [0.4, 0.5) is 8.78 Å². The summed E-state index contributed by atoms with van der Waals surface area (Å²) in [4.78, 5) is 0. The number of nitrogens with two attached hydrogens (primary N) is 1. The molecule has 5 nitrogen and oxygen atoms in total. The highest BCUT2D eigenvalue weighted by molar-refractivity contribution is 5.38. The van der Waals surface area contributed by atoms with Crippen molar-refractivity contribution in [2.45, 2.75) is 12.7 Å². The first-order valence-electron chi connectivity index (χ1n) is 5.89. The minimum Gasteiger partial charge on any atom is -0.493 e. The summed E-state index contributed by atoms with van der Waals surface area (Å²) in [5.41, 5.74) is 7.61. The fourth-order valence-corrected chi connectivity index (χ4v) is 1.95. The molecule has 0 aliphatic heterocycles. The molecule has 0 bridgehead atoms. The molecule has 20 heavy (non-hydrogen) atoms. The van der Waals surface area contributed by atoms with E-state index in [1.165, 1.54) is 19.2 Å². The molecule has 0 spiro atoms. The zero-order valence-corrected chi connectivity index (χ0v) is 11.1. The zero-order valence-electron chi connectivity index (χ0n) is 11.1. The molecule has 1 atom stereocenters. The van der Waals surface area contributed by atoms with Crippen molar-refractivity contribution in [1.82, 2.24) is 9.78 Å². The van der Waals surface area contributed by atoms with Gasteiger partial charge in [0.2, 0.25) is 0 Å². The Labute approximate surface area is 114 Å². The third-order valence-corrected chi connectivity index (χ3v) is 2.93. The summed E-state index contributed by atoms with van der Waals surface area (Å²) in [5.74, 6) is 0.667. The number of ether oxygens (including phenoxy) is 2. The van der Waals surface area contributed by atoms with Gasteiger partial charge in [-0.2, -0.15) is 13.9 Å². The average Bonchev–Trinajstić information content (AvgIpc) is 2.79. The molecule has 1 heterocycles. The highest BCUT2D eigenvalue weighted by atomic mass is 19.3. The van der Waals surface area contributed by atoms with E-state index in [0.717, 1.165) is 5.56 Å². The maximum absolute atomic E-state index is 12.1. The first-order chi connectivity index (χ1) is 9.52. The van der Waals surface area contributed by atoms with Crippen LogP contribution in [0.25, 0.3) is 0 Å². The molecular weight excluding hydrogens is 268 g/mol. The SMILES string of the molecule is COc1cnn(C)c1C(N)c1ccc(OC(F)F)cc1. The molecule has 7 heteroatoms. The monoisotopic (exact) mass is 283 g/mol. The summed E-state index contributed by atoms with van der Waals surface area (Å²) in [6, 6.07) is 5.69. The second-order valence-electron chi connectivity index (χ2n) is 4.15. The van der Waals surface area contributed by atoms with Crippen LogP contribution in [0.5, 0.6) is 11.5 Å². The van der Waals surface area contributed by atoms with Crippen LogP contribution in [0.1, 0.15) is 17.3 Å². The molecule has 1 aromatic heterocycles. The maximum Gasteiger partial charge on any atom is 0.387 e.